The van der Waals surface area contributed by atoms with Crippen LogP contribution in [0.25, 0.3) is 0 Å². The first kappa shape index (κ1) is 16.9. The Hall–Kier alpha value is -1.42. The van der Waals surface area contributed by atoms with Crippen molar-refractivity contribution >= 4 is 0 Å². The fourth-order valence-electron chi connectivity index (χ4n) is 3.32. The van der Waals surface area contributed by atoms with Crippen LogP contribution in [0.4, 0.5) is 0 Å². The Balaban J connectivity index is 2.02. The molecule has 124 valence electrons. The van der Waals surface area contributed by atoms with Crippen molar-refractivity contribution in [2.45, 2.75) is 51.6 Å². The Labute approximate surface area is 134 Å². The van der Waals surface area contributed by atoms with Gasteiger partial charge in [-0.15, -0.1) is 0 Å². The van der Waals surface area contributed by atoms with Crippen LogP contribution >= 0.6 is 0 Å². The first-order valence-electron chi connectivity index (χ1n) is 8.21. The van der Waals surface area contributed by atoms with Gasteiger partial charge in [0.15, 0.2) is 11.5 Å². The molecule has 1 fully saturated rings. The molecule has 4 nitrogen and oxygen atoms in total. The summed E-state index contributed by atoms with van der Waals surface area (Å²) in [4.78, 5) is 0. The summed E-state index contributed by atoms with van der Waals surface area (Å²) in [5.74, 6) is 2.87. The van der Waals surface area contributed by atoms with E-state index in [9.17, 15) is 0 Å². The monoisotopic (exact) mass is 307 g/mol. The smallest absolute Gasteiger partial charge is 0.203 e. The molecule has 1 saturated carbocycles. The van der Waals surface area contributed by atoms with Crippen LogP contribution in [0.2, 0.25) is 0 Å². The summed E-state index contributed by atoms with van der Waals surface area (Å²) in [6, 6.07) is 4.57. The molecule has 0 heterocycles. The molecule has 0 aromatic heterocycles. The van der Waals surface area contributed by atoms with Gasteiger partial charge >= 0.3 is 0 Å². The number of ether oxygens (including phenoxy) is 3. The van der Waals surface area contributed by atoms with Crippen LogP contribution < -0.4 is 19.5 Å². The Kier molecular flexibility index (Phi) is 6.37. The Bertz CT molecular complexity index is 444. The number of rotatable bonds is 7. The van der Waals surface area contributed by atoms with Gasteiger partial charge in [0.05, 0.1) is 21.3 Å². The number of nitrogens with one attached hydrogen (secondary N) is 1. The molecule has 1 N–H and O–H groups in total. The molecule has 1 aromatic rings. The van der Waals surface area contributed by atoms with Gasteiger partial charge in [0.2, 0.25) is 5.75 Å². The second-order valence-corrected chi connectivity index (χ2v) is 6.10. The fourth-order valence-corrected chi connectivity index (χ4v) is 3.32. The Morgan fingerprint density at radius 1 is 1.00 bits per heavy atom. The van der Waals surface area contributed by atoms with Gasteiger partial charge in [-0.1, -0.05) is 19.3 Å². The van der Waals surface area contributed by atoms with Crippen LogP contribution in [0, 0.1) is 5.92 Å². The molecule has 22 heavy (non-hydrogen) atoms. The van der Waals surface area contributed by atoms with Gasteiger partial charge in [-0.2, -0.15) is 0 Å². The predicted molar refractivity (Wildman–Crippen MR) is 89.0 cm³/mol. The highest BCUT2D eigenvalue weighted by atomic mass is 16.5. The van der Waals surface area contributed by atoms with E-state index in [1.54, 1.807) is 21.3 Å². The first-order chi connectivity index (χ1) is 10.7. The normalized spacial score (nSPS) is 17.1. The number of hydrogen-bond donors (Lipinski definition) is 1. The van der Waals surface area contributed by atoms with Crippen molar-refractivity contribution in [1.29, 1.82) is 0 Å². The van der Waals surface area contributed by atoms with Gasteiger partial charge in [-0.3, -0.25) is 0 Å². The molecule has 0 bridgehead atoms. The highest BCUT2D eigenvalue weighted by Gasteiger charge is 2.20. The van der Waals surface area contributed by atoms with E-state index in [2.05, 4.69) is 12.2 Å². The maximum atomic E-state index is 5.41. The van der Waals surface area contributed by atoms with Crippen molar-refractivity contribution in [2.75, 3.05) is 21.3 Å². The lowest BCUT2D eigenvalue weighted by atomic mass is 9.84. The Morgan fingerprint density at radius 3 is 2.09 bits per heavy atom. The number of benzene rings is 1. The zero-order valence-electron chi connectivity index (χ0n) is 14.3. The average Bonchev–Trinajstić information content (AvgIpc) is 2.59. The number of hydrogen-bond acceptors (Lipinski definition) is 4. The Morgan fingerprint density at radius 2 is 1.59 bits per heavy atom. The fraction of sp³-hybridized carbons (Fsp3) is 0.667. The molecular formula is C18H29NO3. The SMILES string of the molecule is COc1cc(CNC(C)C2CCCCC2)cc(OC)c1OC. The molecule has 0 aliphatic heterocycles. The van der Waals surface area contributed by atoms with Gasteiger partial charge in [0, 0.05) is 12.6 Å². The van der Waals surface area contributed by atoms with E-state index < -0.39 is 0 Å². The van der Waals surface area contributed by atoms with E-state index in [0.717, 1.165) is 18.0 Å². The van der Waals surface area contributed by atoms with Crippen LogP contribution in [-0.4, -0.2) is 27.4 Å². The lowest BCUT2D eigenvalue weighted by Gasteiger charge is -2.28. The summed E-state index contributed by atoms with van der Waals surface area (Å²) >= 11 is 0. The first-order valence-corrected chi connectivity index (χ1v) is 8.21. The third-order valence-corrected chi connectivity index (χ3v) is 4.71. The standard InChI is InChI=1S/C18H29NO3/c1-13(15-8-6-5-7-9-15)19-12-14-10-16(20-2)18(22-4)17(11-14)21-3/h10-11,13,15,19H,5-9,12H2,1-4H3. The molecular weight excluding hydrogens is 278 g/mol. The molecule has 1 aliphatic rings. The molecule has 4 heteroatoms. The van der Waals surface area contributed by atoms with E-state index >= 15 is 0 Å². The lowest BCUT2D eigenvalue weighted by Crippen LogP contribution is -2.34. The van der Waals surface area contributed by atoms with Crippen LogP contribution in [-0.2, 0) is 6.54 Å². The van der Waals surface area contributed by atoms with Gasteiger partial charge in [0.25, 0.3) is 0 Å². The second kappa shape index (κ2) is 8.28. The third kappa shape index (κ3) is 4.07. The maximum absolute atomic E-state index is 5.41. The third-order valence-electron chi connectivity index (χ3n) is 4.71. The highest BCUT2D eigenvalue weighted by molar-refractivity contribution is 5.53. The minimum absolute atomic E-state index is 0.541. The second-order valence-electron chi connectivity index (χ2n) is 6.10. The van der Waals surface area contributed by atoms with E-state index in [1.807, 2.05) is 12.1 Å². The molecule has 1 unspecified atom stereocenters. The minimum Gasteiger partial charge on any atom is -0.493 e. The topological polar surface area (TPSA) is 39.7 Å². The van der Waals surface area contributed by atoms with Crippen molar-refractivity contribution in [3.05, 3.63) is 17.7 Å². The summed E-state index contributed by atoms with van der Waals surface area (Å²) in [5.41, 5.74) is 1.15. The quantitative estimate of drug-likeness (QED) is 0.832. The lowest BCUT2D eigenvalue weighted by molar-refractivity contribution is 0.280. The molecule has 0 radical (unpaired) electrons. The van der Waals surface area contributed by atoms with Gasteiger partial charge < -0.3 is 19.5 Å². The molecule has 0 spiro atoms. The molecule has 0 saturated heterocycles. The van der Waals surface area contributed by atoms with Crippen molar-refractivity contribution in [1.82, 2.24) is 5.32 Å². The van der Waals surface area contributed by atoms with Gasteiger partial charge in [0.1, 0.15) is 0 Å². The summed E-state index contributed by atoms with van der Waals surface area (Å²) in [7, 11) is 4.93. The van der Waals surface area contributed by atoms with E-state index in [4.69, 9.17) is 14.2 Å². The van der Waals surface area contributed by atoms with Crippen molar-refractivity contribution < 1.29 is 14.2 Å². The van der Waals surface area contributed by atoms with Crippen LogP contribution in [0.3, 0.4) is 0 Å². The highest BCUT2D eigenvalue weighted by Crippen LogP contribution is 2.38. The van der Waals surface area contributed by atoms with E-state index in [0.29, 0.717) is 23.3 Å². The van der Waals surface area contributed by atoms with Gasteiger partial charge in [-0.05, 0) is 43.4 Å². The maximum Gasteiger partial charge on any atom is 0.203 e. The van der Waals surface area contributed by atoms with Crippen molar-refractivity contribution in [2.24, 2.45) is 5.92 Å². The van der Waals surface area contributed by atoms with E-state index in [-0.39, 0.29) is 0 Å². The zero-order chi connectivity index (χ0) is 15.9. The van der Waals surface area contributed by atoms with Crippen molar-refractivity contribution in [3.8, 4) is 17.2 Å². The largest absolute Gasteiger partial charge is 0.493 e. The summed E-state index contributed by atoms with van der Waals surface area (Å²) in [5, 5.41) is 3.66. The number of methoxy groups -OCH3 is 3. The zero-order valence-corrected chi connectivity index (χ0v) is 14.3. The average molecular weight is 307 g/mol. The predicted octanol–water partition coefficient (Wildman–Crippen LogP) is 3.77. The van der Waals surface area contributed by atoms with Gasteiger partial charge in [-0.25, -0.2) is 0 Å². The molecule has 2 rings (SSSR count). The summed E-state index contributed by atoms with van der Waals surface area (Å²) < 4.78 is 16.2. The van der Waals surface area contributed by atoms with Crippen molar-refractivity contribution in [3.63, 3.8) is 0 Å². The molecule has 0 amide bonds. The molecule has 1 aliphatic carbocycles. The van der Waals surface area contributed by atoms with E-state index in [1.165, 1.54) is 32.1 Å². The molecule has 1 atom stereocenters. The molecule has 1 aromatic carbocycles. The van der Waals surface area contributed by atoms with Crippen LogP contribution in [0.5, 0.6) is 17.2 Å². The minimum atomic E-state index is 0.541. The van der Waals surface area contributed by atoms with Crippen LogP contribution in [0.15, 0.2) is 12.1 Å². The summed E-state index contributed by atoms with van der Waals surface area (Å²) in [6.07, 6.45) is 6.85. The summed E-state index contributed by atoms with van der Waals surface area (Å²) in [6.45, 7) is 3.11. The van der Waals surface area contributed by atoms with Crippen LogP contribution in [0.1, 0.15) is 44.6 Å².